The Morgan fingerprint density at radius 2 is 1.44 bits per heavy atom. The monoisotopic (exact) mass is 1270 g/mol. The van der Waals surface area contributed by atoms with Gasteiger partial charge in [-0.25, -0.2) is 0 Å². The molecule has 18 heavy (non-hydrogen) atoms. The first-order chi connectivity index (χ1) is 6.88. The van der Waals surface area contributed by atoms with Gasteiger partial charge in [-0.1, -0.05) is 0 Å². The summed E-state index contributed by atoms with van der Waals surface area (Å²) in [6.07, 6.45) is 1.16. The molecule has 7 heteroatoms. The molecule has 0 fully saturated rings. The van der Waals surface area contributed by atoms with Gasteiger partial charge in [-0.05, 0) is 0 Å². The van der Waals surface area contributed by atoms with Gasteiger partial charge in [0.2, 0.25) is 0 Å². The van der Waals surface area contributed by atoms with E-state index in [1.165, 1.54) is 48.4 Å². The molecule has 0 saturated heterocycles. The summed E-state index contributed by atoms with van der Waals surface area (Å²) < 4.78 is 6.01. The molecule has 0 spiro atoms. The molecular formula is C11H16NW6-. The number of hydrogen-bond acceptors (Lipinski definition) is 1. The Balaban J connectivity index is -0.000000109. The van der Waals surface area contributed by atoms with Crippen LogP contribution < -0.4 is 0 Å². The SMILES string of the molecule is CC(C)C1=N[C](=[W])[C](=[W])C1.CC(C)[C-]=[W].[W].[W].[W]. The summed E-state index contributed by atoms with van der Waals surface area (Å²) in [5, 5.41) is 0. The summed E-state index contributed by atoms with van der Waals surface area (Å²) in [5.41, 5.74) is 1.38. The number of hydrogen-bond donors (Lipinski definition) is 0. The Morgan fingerprint density at radius 1 is 1.06 bits per heavy atom. The minimum Gasteiger partial charge on any atom is 0 e. The minimum atomic E-state index is 0. The minimum absolute atomic E-state index is 0. The van der Waals surface area contributed by atoms with Crippen molar-refractivity contribution in [2.75, 3.05) is 0 Å². The third kappa shape index (κ3) is 14.4. The molecule has 0 N–H and O–H groups in total. The average Bonchev–Trinajstić information content (AvgIpc) is 2.48. The van der Waals surface area contributed by atoms with E-state index in [1.54, 1.807) is 23.3 Å². The largest absolute Gasteiger partial charge is 0 e. The van der Waals surface area contributed by atoms with Gasteiger partial charge >= 0.3 is 127 Å². The molecule has 102 valence electrons. The van der Waals surface area contributed by atoms with Crippen molar-refractivity contribution in [3.05, 3.63) is 0 Å². The summed E-state index contributed by atoms with van der Waals surface area (Å²) in [5.74, 6) is 1.32. The maximum absolute atomic E-state index is 4.52. The van der Waals surface area contributed by atoms with Crippen molar-refractivity contribution < 1.29 is 121 Å². The zero-order valence-corrected chi connectivity index (χ0v) is 28.4. The Labute approximate surface area is 187 Å². The fourth-order valence-electron chi connectivity index (χ4n) is 0.806. The van der Waals surface area contributed by atoms with Gasteiger partial charge in [0.1, 0.15) is 0 Å². The van der Waals surface area contributed by atoms with Crippen LogP contribution in [0.15, 0.2) is 4.99 Å². The predicted octanol–water partition coefficient (Wildman–Crippen LogP) is 1.74. The quantitative estimate of drug-likeness (QED) is 0.375. The zero-order chi connectivity index (χ0) is 12.0. The van der Waals surface area contributed by atoms with E-state index in [1.807, 2.05) is 0 Å². The van der Waals surface area contributed by atoms with Crippen molar-refractivity contribution in [2.45, 2.75) is 34.1 Å². The first-order valence-electron chi connectivity index (χ1n) is 4.90. The maximum Gasteiger partial charge on any atom is 0 e. The van der Waals surface area contributed by atoms with Crippen molar-refractivity contribution >= 4 is 18.0 Å². The van der Waals surface area contributed by atoms with E-state index in [4.69, 9.17) is 0 Å². The van der Waals surface area contributed by atoms with Crippen LogP contribution in [0.5, 0.6) is 0 Å². The molecule has 1 heterocycles. The van der Waals surface area contributed by atoms with Crippen LogP contribution in [0, 0.1) is 11.8 Å². The van der Waals surface area contributed by atoms with Gasteiger partial charge in [0, 0.05) is 63.2 Å². The van der Waals surface area contributed by atoms with Gasteiger partial charge in [0.05, 0.1) is 0 Å². The first-order valence-corrected chi connectivity index (χ1v) is 9.30. The summed E-state index contributed by atoms with van der Waals surface area (Å²) in [6, 6.07) is 0. The van der Waals surface area contributed by atoms with Gasteiger partial charge in [-0.2, -0.15) is 0 Å². The summed E-state index contributed by atoms with van der Waals surface area (Å²) in [7, 11) is 0. The van der Waals surface area contributed by atoms with E-state index in [0.717, 1.165) is 6.42 Å². The van der Waals surface area contributed by atoms with E-state index in [0.29, 0.717) is 11.8 Å². The number of aliphatic imine (C=N–C) groups is 1. The maximum atomic E-state index is 4.52. The molecule has 0 aromatic carbocycles. The molecule has 0 aromatic heterocycles. The predicted molar refractivity (Wildman–Crippen MR) is 56.7 cm³/mol. The van der Waals surface area contributed by atoms with Crippen molar-refractivity contribution in [1.82, 2.24) is 0 Å². The molecule has 0 saturated carbocycles. The zero-order valence-electron chi connectivity index (χ0n) is 10.8. The molecular weight excluding hydrogens is 1250 g/mol. The Morgan fingerprint density at radius 3 is 1.56 bits per heavy atom. The molecule has 0 amide bonds. The molecule has 0 bridgehead atoms. The molecule has 1 nitrogen and oxygen atoms in total. The van der Waals surface area contributed by atoms with E-state index >= 15 is 0 Å². The van der Waals surface area contributed by atoms with Gasteiger partial charge in [0.15, 0.2) is 0 Å². The third-order valence-electron chi connectivity index (χ3n) is 1.73. The molecule has 0 aromatic rings. The van der Waals surface area contributed by atoms with Crippen molar-refractivity contribution in [3.8, 4) is 0 Å². The molecule has 0 radical (unpaired) electrons. The van der Waals surface area contributed by atoms with Gasteiger partial charge in [-0.15, -0.1) is 0 Å². The second kappa shape index (κ2) is 16.8. The van der Waals surface area contributed by atoms with Crippen LogP contribution in [0.25, 0.3) is 0 Å². The third-order valence-corrected chi connectivity index (χ3v) is 7.86. The molecule has 1 rings (SSSR count). The Kier molecular flexibility index (Phi) is 27.4. The van der Waals surface area contributed by atoms with E-state index in [9.17, 15) is 0 Å². The first kappa shape index (κ1) is 29.4. The molecule has 0 unspecified atom stereocenters. The van der Waals surface area contributed by atoms with Crippen LogP contribution in [0.4, 0.5) is 0 Å². The van der Waals surface area contributed by atoms with Crippen molar-refractivity contribution in [2.24, 2.45) is 16.8 Å². The molecule has 0 atom stereocenters. The number of rotatable bonds is 2. The van der Waals surface area contributed by atoms with Crippen LogP contribution in [0.3, 0.4) is 0 Å². The smallest absolute Gasteiger partial charge is 0 e. The van der Waals surface area contributed by atoms with Crippen molar-refractivity contribution in [3.63, 3.8) is 0 Å². The van der Waals surface area contributed by atoms with Gasteiger partial charge in [-0.3, -0.25) is 0 Å². The van der Waals surface area contributed by atoms with E-state index < -0.39 is 0 Å². The van der Waals surface area contributed by atoms with Gasteiger partial charge in [0.25, 0.3) is 0 Å². The topological polar surface area (TPSA) is 12.4 Å². The van der Waals surface area contributed by atoms with Crippen LogP contribution in [0.1, 0.15) is 34.1 Å². The second-order valence-electron chi connectivity index (χ2n) is 3.94. The van der Waals surface area contributed by atoms with Crippen LogP contribution in [-0.4, -0.2) is 18.0 Å². The standard InChI is InChI=1S/C7H9N.C4H7.6W/c1-6(2)7-4-3-5-8-7;1-4(2)3;;;;;;/h6H,4H2,1-2H3;4H,1-2H3;;;;;;/q;-1;;;;;;. The second-order valence-corrected chi connectivity index (χ2v) is 7.94. The fraction of sp³-hybridized carbons (Fsp3) is 0.636. The molecule has 1 aliphatic heterocycles. The summed E-state index contributed by atoms with van der Waals surface area (Å²) >= 11 is 4.57. The van der Waals surface area contributed by atoms with Crippen LogP contribution in [-0.2, 0) is 121 Å². The Bertz CT molecular complexity index is 296. The van der Waals surface area contributed by atoms with Crippen LogP contribution in [0.2, 0.25) is 0 Å². The van der Waals surface area contributed by atoms with Crippen molar-refractivity contribution in [1.29, 1.82) is 0 Å². The normalized spacial score (nSPS) is 12.7. The Hall–Kier alpha value is 3.41. The van der Waals surface area contributed by atoms with Crippen LogP contribution >= 0.6 is 0 Å². The molecule has 0 aliphatic carbocycles. The van der Waals surface area contributed by atoms with E-state index in [2.05, 4.69) is 37.1 Å². The average molecular weight is 1270 g/mol. The number of nitrogens with zero attached hydrogens (tertiary/aromatic N) is 1. The van der Waals surface area contributed by atoms with E-state index in [-0.39, 0.29) is 63.2 Å². The van der Waals surface area contributed by atoms with Gasteiger partial charge < -0.3 is 0 Å². The summed E-state index contributed by atoms with van der Waals surface area (Å²) in [6.45, 7) is 8.70. The fourth-order valence-corrected chi connectivity index (χ4v) is 2.18. The summed E-state index contributed by atoms with van der Waals surface area (Å²) in [4.78, 5) is 4.52. The molecule has 1 aliphatic rings.